The van der Waals surface area contributed by atoms with Gasteiger partial charge in [-0.2, -0.15) is 0 Å². The molecule has 2 aromatic rings. The Kier molecular flexibility index (Phi) is 4.19. The molecule has 1 atom stereocenters. The molecule has 1 aromatic heterocycles. The monoisotopic (exact) mass is 322 g/mol. The number of methoxy groups -OCH3 is 2. The summed E-state index contributed by atoms with van der Waals surface area (Å²) < 4.78 is 20.9. The third kappa shape index (κ3) is 3.01. The van der Waals surface area contributed by atoms with Crippen LogP contribution in [0, 0.1) is 0 Å². The van der Waals surface area contributed by atoms with Gasteiger partial charge in [0.1, 0.15) is 16.7 Å². The van der Waals surface area contributed by atoms with Gasteiger partial charge in [0.25, 0.3) is 5.22 Å². The number of esters is 1. The van der Waals surface area contributed by atoms with Crippen molar-refractivity contribution in [1.29, 1.82) is 0 Å². The highest BCUT2D eigenvalue weighted by molar-refractivity contribution is 8.00. The molecule has 0 aliphatic carbocycles. The maximum absolute atomic E-state index is 11.5. The minimum absolute atomic E-state index is 0.243. The van der Waals surface area contributed by atoms with Crippen molar-refractivity contribution in [3.63, 3.8) is 0 Å². The van der Waals surface area contributed by atoms with Crippen LogP contribution < -0.4 is 9.47 Å². The standard InChI is InChI=1S/C14H14N2O5S/c1-18-9-5-8(6-10(7-9)19-2)12-15-16-14(21-12)22-11-3-4-20-13(11)17/h5-7,11H,3-4H2,1-2H3/t11-/m0/s1. The van der Waals surface area contributed by atoms with Gasteiger partial charge in [-0.3, -0.25) is 4.79 Å². The lowest BCUT2D eigenvalue weighted by Gasteiger charge is -2.05. The number of carbonyl (C=O) groups excluding carboxylic acids is 1. The van der Waals surface area contributed by atoms with E-state index in [1.807, 2.05) is 0 Å². The van der Waals surface area contributed by atoms with Crippen molar-refractivity contribution < 1.29 is 23.4 Å². The third-order valence-electron chi connectivity index (χ3n) is 3.14. The molecule has 0 unspecified atom stereocenters. The number of thioether (sulfide) groups is 1. The summed E-state index contributed by atoms with van der Waals surface area (Å²) in [5.41, 5.74) is 0.685. The molecule has 0 N–H and O–H groups in total. The molecule has 1 aromatic carbocycles. The van der Waals surface area contributed by atoms with Crippen molar-refractivity contribution in [3.8, 4) is 23.0 Å². The van der Waals surface area contributed by atoms with Gasteiger partial charge in [0.2, 0.25) is 5.89 Å². The summed E-state index contributed by atoms with van der Waals surface area (Å²) in [6.07, 6.45) is 0.647. The number of nitrogens with zero attached hydrogens (tertiary/aromatic N) is 2. The number of ether oxygens (including phenoxy) is 3. The second-order valence-corrected chi connectivity index (χ2v) is 5.69. The zero-order valence-electron chi connectivity index (χ0n) is 12.1. The van der Waals surface area contributed by atoms with E-state index in [0.717, 1.165) is 0 Å². The lowest BCUT2D eigenvalue weighted by Crippen LogP contribution is -2.09. The van der Waals surface area contributed by atoms with Crippen molar-refractivity contribution in [1.82, 2.24) is 10.2 Å². The summed E-state index contributed by atoms with van der Waals surface area (Å²) in [5.74, 6) is 1.35. The highest BCUT2D eigenvalue weighted by atomic mass is 32.2. The summed E-state index contributed by atoms with van der Waals surface area (Å²) in [6, 6.07) is 5.30. The van der Waals surface area contributed by atoms with Crippen LogP contribution in [0.4, 0.5) is 0 Å². The molecule has 2 heterocycles. The third-order valence-corrected chi connectivity index (χ3v) is 4.21. The Labute approximate surface area is 130 Å². The summed E-state index contributed by atoms with van der Waals surface area (Å²) in [5, 5.41) is 8.01. The maximum Gasteiger partial charge on any atom is 0.319 e. The fourth-order valence-corrected chi connectivity index (χ4v) is 2.85. The topological polar surface area (TPSA) is 83.7 Å². The van der Waals surface area contributed by atoms with Gasteiger partial charge < -0.3 is 18.6 Å². The molecule has 1 aliphatic rings. The molecule has 22 heavy (non-hydrogen) atoms. The molecule has 1 fully saturated rings. The molecule has 0 bridgehead atoms. The average molecular weight is 322 g/mol. The van der Waals surface area contributed by atoms with E-state index >= 15 is 0 Å². The molecule has 7 nitrogen and oxygen atoms in total. The van der Waals surface area contributed by atoms with Crippen LogP contribution in [0.2, 0.25) is 0 Å². The number of hydrogen-bond acceptors (Lipinski definition) is 8. The summed E-state index contributed by atoms with van der Waals surface area (Å²) in [6.45, 7) is 0.435. The minimum atomic E-state index is -0.284. The maximum atomic E-state index is 11.5. The summed E-state index contributed by atoms with van der Waals surface area (Å²) in [7, 11) is 3.14. The van der Waals surface area contributed by atoms with Crippen LogP contribution >= 0.6 is 11.8 Å². The van der Waals surface area contributed by atoms with Crippen LogP contribution in [0.1, 0.15) is 6.42 Å². The zero-order valence-corrected chi connectivity index (χ0v) is 12.9. The summed E-state index contributed by atoms with van der Waals surface area (Å²) >= 11 is 1.22. The van der Waals surface area contributed by atoms with Gasteiger partial charge in [-0.25, -0.2) is 0 Å². The van der Waals surface area contributed by atoms with E-state index < -0.39 is 0 Å². The fourth-order valence-electron chi connectivity index (χ4n) is 2.01. The second kappa shape index (κ2) is 6.27. The van der Waals surface area contributed by atoms with Crippen LogP contribution in [-0.4, -0.2) is 42.2 Å². The van der Waals surface area contributed by atoms with Crippen LogP contribution in [0.25, 0.3) is 11.5 Å². The van der Waals surface area contributed by atoms with Crippen molar-refractivity contribution in [3.05, 3.63) is 18.2 Å². The van der Waals surface area contributed by atoms with Gasteiger partial charge >= 0.3 is 5.97 Å². The lowest BCUT2D eigenvalue weighted by molar-refractivity contribution is -0.137. The SMILES string of the molecule is COc1cc(OC)cc(-c2nnc(S[C@H]3CCOC3=O)o2)c1. The van der Waals surface area contributed by atoms with E-state index in [1.165, 1.54) is 11.8 Å². The van der Waals surface area contributed by atoms with Gasteiger partial charge in [-0.1, -0.05) is 0 Å². The minimum Gasteiger partial charge on any atom is -0.497 e. The van der Waals surface area contributed by atoms with E-state index in [1.54, 1.807) is 32.4 Å². The van der Waals surface area contributed by atoms with E-state index in [4.69, 9.17) is 18.6 Å². The Morgan fingerprint density at radius 1 is 1.18 bits per heavy atom. The first-order valence-electron chi connectivity index (χ1n) is 6.60. The Morgan fingerprint density at radius 3 is 2.50 bits per heavy atom. The van der Waals surface area contributed by atoms with Crippen molar-refractivity contribution in [2.75, 3.05) is 20.8 Å². The fraction of sp³-hybridized carbons (Fsp3) is 0.357. The van der Waals surface area contributed by atoms with Crippen LogP contribution in [-0.2, 0) is 9.53 Å². The first kappa shape index (κ1) is 14.7. The van der Waals surface area contributed by atoms with Crippen molar-refractivity contribution in [2.45, 2.75) is 16.9 Å². The van der Waals surface area contributed by atoms with Crippen molar-refractivity contribution in [2.24, 2.45) is 0 Å². The molecule has 1 saturated heterocycles. The molecule has 116 valence electrons. The van der Waals surface area contributed by atoms with E-state index in [0.29, 0.717) is 41.2 Å². The molecule has 0 radical (unpaired) electrons. The second-order valence-electron chi connectivity index (χ2n) is 4.54. The zero-order chi connectivity index (χ0) is 15.5. The van der Waals surface area contributed by atoms with E-state index in [9.17, 15) is 4.79 Å². The van der Waals surface area contributed by atoms with Gasteiger partial charge in [-0.15, -0.1) is 10.2 Å². The normalized spacial score (nSPS) is 17.4. The van der Waals surface area contributed by atoms with Gasteiger partial charge in [-0.05, 0) is 23.9 Å². The number of hydrogen-bond donors (Lipinski definition) is 0. The smallest absolute Gasteiger partial charge is 0.319 e. The quantitative estimate of drug-likeness (QED) is 0.774. The molecular formula is C14H14N2O5S. The lowest BCUT2D eigenvalue weighted by atomic mass is 10.2. The van der Waals surface area contributed by atoms with Crippen LogP contribution in [0.15, 0.2) is 27.8 Å². The number of benzene rings is 1. The molecule has 8 heteroatoms. The highest BCUT2D eigenvalue weighted by Gasteiger charge is 2.29. The Morgan fingerprint density at radius 2 is 1.91 bits per heavy atom. The van der Waals surface area contributed by atoms with Gasteiger partial charge in [0.05, 0.1) is 20.8 Å². The molecule has 3 rings (SSSR count). The highest BCUT2D eigenvalue weighted by Crippen LogP contribution is 2.33. The molecular weight excluding hydrogens is 308 g/mol. The predicted octanol–water partition coefficient (Wildman–Crippen LogP) is 2.16. The Balaban J connectivity index is 1.82. The Hall–Kier alpha value is -2.22. The molecule has 0 saturated carbocycles. The van der Waals surface area contributed by atoms with Gasteiger partial charge in [0, 0.05) is 18.1 Å². The molecule has 0 amide bonds. The number of rotatable bonds is 5. The van der Waals surface area contributed by atoms with E-state index in [2.05, 4.69) is 10.2 Å². The van der Waals surface area contributed by atoms with Crippen LogP contribution in [0.5, 0.6) is 11.5 Å². The largest absolute Gasteiger partial charge is 0.497 e. The number of cyclic esters (lactones) is 1. The first-order valence-corrected chi connectivity index (χ1v) is 7.48. The van der Waals surface area contributed by atoms with E-state index in [-0.39, 0.29) is 11.2 Å². The average Bonchev–Trinajstić information content (AvgIpc) is 3.17. The molecule has 0 spiro atoms. The van der Waals surface area contributed by atoms with Crippen molar-refractivity contribution >= 4 is 17.7 Å². The van der Waals surface area contributed by atoms with Gasteiger partial charge in [0.15, 0.2) is 0 Å². The predicted molar refractivity (Wildman–Crippen MR) is 78.1 cm³/mol. The Bertz CT molecular complexity index is 665. The van der Waals surface area contributed by atoms with Crippen LogP contribution in [0.3, 0.4) is 0 Å². The number of aromatic nitrogens is 2. The molecule has 1 aliphatic heterocycles. The first-order chi connectivity index (χ1) is 10.7. The number of carbonyl (C=O) groups is 1. The summed E-state index contributed by atoms with van der Waals surface area (Å²) in [4.78, 5) is 11.5.